The van der Waals surface area contributed by atoms with E-state index in [1.54, 1.807) is 18.4 Å². The Labute approximate surface area is 186 Å². The van der Waals surface area contributed by atoms with Gasteiger partial charge in [-0.1, -0.05) is 26.7 Å². The topological polar surface area (TPSA) is 62.2 Å². The van der Waals surface area contributed by atoms with Crippen LogP contribution in [0.15, 0.2) is 10.4 Å². The van der Waals surface area contributed by atoms with Crippen LogP contribution < -0.4 is 5.32 Å². The van der Waals surface area contributed by atoms with Gasteiger partial charge in [-0.2, -0.15) is 0 Å². The van der Waals surface area contributed by atoms with Crippen molar-refractivity contribution in [2.24, 2.45) is 10.9 Å². The molecule has 1 saturated heterocycles. The molecule has 1 aromatic rings. The van der Waals surface area contributed by atoms with Gasteiger partial charge < -0.3 is 19.7 Å². The van der Waals surface area contributed by atoms with E-state index in [1.807, 2.05) is 6.92 Å². The van der Waals surface area contributed by atoms with E-state index in [9.17, 15) is 0 Å². The summed E-state index contributed by atoms with van der Waals surface area (Å²) in [7, 11) is 3.81. The molecule has 8 heteroatoms. The van der Waals surface area contributed by atoms with E-state index in [0.29, 0.717) is 12.0 Å². The molecule has 0 bridgehead atoms. The van der Waals surface area contributed by atoms with Gasteiger partial charge in [-0.3, -0.25) is 9.89 Å². The van der Waals surface area contributed by atoms with Gasteiger partial charge in [0.15, 0.2) is 5.96 Å². The van der Waals surface area contributed by atoms with Gasteiger partial charge in [0.1, 0.15) is 11.1 Å². The number of ether oxygens (including phenoxy) is 2. The normalized spacial score (nSPS) is 17.9. The highest BCUT2D eigenvalue weighted by Gasteiger charge is 2.27. The van der Waals surface area contributed by atoms with Crippen LogP contribution >= 0.6 is 11.3 Å². The highest BCUT2D eigenvalue weighted by Crippen LogP contribution is 2.22. The van der Waals surface area contributed by atoms with Crippen molar-refractivity contribution in [1.29, 1.82) is 0 Å². The van der Waals surface area contributed by atoms with E-state index in [4.69, 9.17) is 19.5 Å². The lowest BCUT2D eigenvalue weighted by Gasteiger charge is -2.38. The third kappa shape index (κ3) is 7.18. The number of thiazole rings is 1. The van der Waals surface area contributed by atoms with Crippen LogP contribution in [0.2, 0.25) is 0 Å². The van der Waals surface area contributed by atoms with Crippen molar-refractivity contribution in [3.63, 3.8) is 0 Å². The van der Waals surface area contributed by atoms with Crippen molar-refractivity contribution >= 4 is 17.3 Å². The molecule has 0 spiro atoms. The first kappa shape index (κ1) is 25.0. The first-order valence-electron chi connectivity index (χ1n) is 11.3. The fourth-order valence-electron chi connectivity index (χ4n) is 3.95. The smallest absolute Gasteiger partial charge is 0.194 e. The number of guanidine groups is 1. The Morgan fingerprint density at radius 2 is 2.03 bits per heavy atom. The maximum absolute atomic E-state index is 5.58. The molecular weight excluding hydrogens is 398 g/mol. The minimum absolute atomic E-state index is 0.0327. The number of aliphatic imine (C=N–C) groups is 1. The zero-order valence-electron chi connectivity index (χ0n) is 19.7. The quantitative estimate of drug-likeness (QED) is 0.421. The largest absolute Gasteiger partial charge is 0.379 e. The molecule has 1 aliphatic rings. The molecule has 0 aliphatic carbocycles. The first-order chi connectivity index (χ1) is 14.5. The second-order valence-electron chi connectivity index (χ2n) is 7.90. The van der Waals surface area contributed by atoms with E-state index in [-0.39, 0.29) is 6.10 Å². The van der Waals surface area contributed by atoms with Gasteiger partial charge >= 0.3 is 0 Å². The molecule has 2 rings (SSSR count). The average molecular weight is 440 g/mol. The van der Waals surface area contributed by atoms with Crippen LogP contribution in [-0.4, -0.2) is 80.3 Å². The second-order valence-corrected chi connectivity index (χ2v) is 8.79. The minimum Gasteiger partial charge on any atom is -0.379 e. The number of methoxy groups -OCH3 is 1. The highest BCUT2D eigenvalue weighted by molar-refractivity contribution is 7.09. The molecule has 30 heavy (non-hydrogen) atoms. The summed E-state index contributed by atoms with van der Waals surface area (Å²) in [4.78, 5) is 14.5. The van der Waals surface area contributed by atoms with Gasteiger partial charge in [0.05, 0.1) is 32.0 Å². The second kappa shape index (κ2) is 13.2. The molecule has 2 heterocycles. The summed E-state index contributed by atoms with van der Waals surface area (Å²) in [5.41, 5.74) is 1.05. The van der Waals surface area contributed by atoms with Crippen molar-refractivity contribution < 1.29 is 9.47 Å². The van der Waals surface area contributed by atoms with Crippen LogP contribution in [0, 0.1) is 5.92 Å². The van der Waals surface area contributed by atoms with Crippen molar-refractivity contribution in [3.05, 3.63) is 16.1 Å². The van der Waals surface area contributed by atoms with Crippen LogP contribution in [-0.2, 0) is 16.0 Å². The third-order valence-corrected chi connectivity index (χ3v) is 6.96. The lowest BCUT2D eigenvalue weighted by molar-refractivity contribution is 0.00391. The molecule has 0 aromatic carbocycles. The summed E-state index contributed by atoms with van der Waals surface area (Å²) < 4.78 is 11.0. The van der Waals surface area contributed by atoms with Crippen LogP contribution in [0.25, 0.3) is 0 Å². The molecule has 0 radical (unpaired) electrons. The number of nitrogens with one attached hydrogen (secondary N) is 1. The molecule has 0 saturated carbocycles. The molecule has 1 aromatic heterocycles. The predicted octanol–water partition coefficient (Wildman–Crippen LogP) is 3.38. The number of hydrogen-bond donors (Lipinski definition) is 1. The Kier molecular flexibility index (Phi) is 11.1. The van der Waals surface area contributed by atoms with Gasteiger partial charge in [0.2, 0.25) is 0 Å². The van der Waals surface area contributed by atoms with Crippen molar-refractivity contribution in [3.8, 4) is 0 Å². The first-order valence-corrected chi connectivity index (χ1v) is 12.2. The van der Waals surface area contributed by atoms with Gasteiger partial charge in [-0.25, -0.2) is 4.98 Å². The lowest BCUT2D eigenvalue weighted by Crippen LogP contribution is -2.49. The van der Waals surface area contributed by atoms with E-state index >= 15 is 0 Å². The number of nitrogens with zero attached hydrogens (tertiary/aromatic N) is 4. The fraction of sp³-hybridized carbons (Fsp3) is 0.818. The monoisotopic (exact) mass is 439 g/mol. The Morgan fingerprint density at radius 1 is 1.33 bits per heavy atom. The SMILES string of the molecule is CCNC(=NCC(C(CC)CC)N1CCOCC1)N(C)Cc1csc(C(C)OC)n1. The summed E-state index contributed by atoms with van der Waals surface area (Å²) in [5.74, 6) is 1.59. The molecule has 1 N–H and O–H groups in total. The van der Waals surface area contributed by atoms with Crippen molar-refractivity contribution in [2.45, 2.75) is 59.2 Å². The zero-order chi connectivity index (χ0) is 21.9. The van der Waals surface area contributed by atoms with E-state index in [2.05, 4.69) is 48.3 Å². The van der Waals surface area contributed by atoms with Gasteiger partial charge in [0, 0.05) is 45.2 Å². The number of morpholine rings is 1. The lowest BCUT2D eigenvalue weighted by atomic mass is 9.92. The molecule has 1 aliphatic heterocycles. The van der Waals surface area contributed by atoms with Crippen molar-refractivity contribution in [1.82, 2.24) is 20.1 Å². The number of aromatic nitrogens is 1. The average Bonchev–Trinajstić information content (AvgIpc) is 3.24. The zero-order valence-corrected chi connectivity index (χ0v) is 20.5. The summed E-state index contributed by atoms with van der Waals surface area (Å²) in [6, 6.07) is 0.458. The van der Waals surface area contributed by atoms with Crippen LogP contribution in [0.1, 0.15) is 57.3 Å². The number of hydrogen-bond acceptors (Lipinski definition) is 6. The minimum atomic E-state index is 0.0327. The van der Waals surface area contributed by atoms with E-state index in [0.717, 1.165) is 62.6 Å². The van der Waals surface area contributed by atoms with E-state index in [1.165, 1.54) is 12.8 Å². The van der Waals surface area contributed by atoms with Crippen molar-refractivity contribution in [2.75, 3.05) is 53.6 Å². The van der Waals surface area contributed by atoms with Gasteiger partial charge in [0.25, 0.3) is 0 Å². The Bertz CT molecular complexity index is 629. The summed E-state index contributed by atoms with van der Waals surface area (Å²) in [5, 5.41) is 6.59. The molecule has 1 fully saturated rings. The maximum Gasteiger partial charge on any atom is 0.194 e. The Hall–Kier alpha value is -1.22. The van der Waals surface area contributed by atoms with Gasteiger partial charge in [-0.15, -0.1) is 11.3 Å². The molecule has 7 nitrogen and oxygen atoms in total. The summed E-state index contributed by atoms with van der Waals surface area (Å²) >= 11 is 1.65. The molecule has 2 unspecified atom stereocenters. The standard InChI is InChI=1S/C22H41N5O2S/c1-7-18(8-2)20(27-10-12-29-13-11-27)14-24-22(23-9-3)26(5)15-19-16-30-21(25-19)17(4)28-6/h16-18,20H,7-15H2,1-6H3,(H,23,24). The van der Waals surface area contributed by atoms with E-state index < -0.39 is 0 Å². The molecule has 0 amide bonds. The summed E-state index contributed by atoms with van der Waals surface area (Å²) in [6.07, 6.45) is 2.39. The maximum atomic E-state index is 5.58. The Morgan fingerprint density at radius 3 is 2.63 bits per heavy atom. The van der Waals surface area contributed by atoms with Crippen LogP contribution in [0.5, 0.6) is 0 Å². The third-order valence-electron chi connectivity index (χ3n) is 5.90. The van der Waals surface area contributed by atoms with Crippen LogP contribution in [0.3, 0.4) is 0 Å². The molecule has 2 atom stereocenters. The fourth-order valence-corrected chi connectivity index (χ4v) is 4.80. The predicted molar refractivity (Wildman–Crippen MR) is 125 cm³/mol. The molecular formula is C22H41N5O2S. The van der Waals surface area contributed by atoms with Gasteiger partial charge in [-0.05, 0) is 19.8 Å². The highest BCUT2D eigenvalue weighted by atomic mass is 32.1. The van der Waals surface area contributed by atoms with Crippen LogP contribution in [0.4, 0.5) is 0 Å². The number of rotatable bonds is 11. The summed E-state index contributed by atoms with van der Waals surface area (Å²) in [6.45, 7) is 14.8. The Balaban J connectivity index is 2.09. The molecule has 172 valence electrons.